The number of nitrogens with one attached hydrogen (secondary N) is 1. The van der Waals surface area contributed by atoms with Crippen LogP contribution in [0.2, 0.25) is 0 Å². The van der Waals surface area contributed by atoms with Crippen molar-refractivity contribution in [3.05, 3.63) is 0 Å². The first-order valence-electron chi connectivity index (χ1n) is 18.3. The summed E-state index contributed by atoms with van der Waals surface area (Å²) in [5, 5.41) is 3.15. The molecule has 0 aromatic heterocycles. The minimum Gasteiger partial charge on any atom is -0.356 e. The number of rotatable bonds is 32. The third-order valence-electron chi connectivity index (χ3n) is 8.49. The number of unbranched alkanes of at least 4 members (excludes halogenated alkanes) is 23. The van der Waals surface area contributed by atoms with Crippen molar-refractivity contribution in [2.45, 2.75) is 207 Å². The van der Waals surface area contributed by atoms with Gasteiger partial charge in [-0.15, -0.1) is 0 Å². The highest BCUT2D eigenvalue weighted by molar-refractivity contribution is 5.86. The van der Waals surface area contributed by atoms with E-state index in [1.54, 1.807) is 0 Å². The Hall–Kier alpha value is -0.860. The Kier molecular flexibility index (Phi) is 30.4. The summed E-state index contributed by atoms with van der Waals surface area (Å²) in [5.74, 6) is 0.683. The average Bonchev–Trinajstić information content (AvgIpc) is 2.93. The number of hydrogen-bond acceptors (Lipinski definition) is 2. The molecule has 0 aliphatic rings. The second-order valence-corrected chi connectivity index (χ2v) is 13.2. The van der Waals surface area contributed by atoms with Gasteiger partial charge in [0.05, 0.1) is 0 Å². The highest BCUT2D eigenvalue weighted by atomic mass is 16.2. The van der Waals surface area contributed by atoms with Gasteiger partial charge in [-0.2, -0.15) is 0 Å². The van der Waals surface area contributed by atoms with Crippen molar-refractivity contribution in [2.75, 3.05) is 6.54 Å². The predicted octanol–water partition coefficient (Wildman–Crippen LogP) is 11.9. The van der Waals surface area contributed by atoms with E-state index in [-0.39, 0.29) is 17.6 Å². The van der Waals surface area contributed by atoms with Crippen molar-refractivity contribution in [2.24, 2.45) is 11.8 Å². The van der Waals surface area contributed by atoms with E-state index in [0.29, 0.717) is 18.8 Å². The summed E-state index contributed by atoms with van der Waals surface area (Å²) < 4.78 is 0. The van der Waals surface area contributed by atoms with Crippen molar-refractivity contribution >= 4 is 11.7 Å². The topological polar surface area (TPSA) is 46.2 Å². The van der Waals surface area contributed by atoms with Gasteiger partial charge in [0.1, 0.15) is 5.78 Å². The van der Waals surface area contributed by atoms with Crippen LogP contribution in [0, 0.1) is 11.8 Å². The summed E-state index contributed by atoms with van der Waals surface area (Å²) in [6.07, 6.45) is 35.1. The van der Waals surface area contributed by atoms with Gasteiger partial charge < -0.3 is 5.32 Å². The number of ketones is 1. The van der Waals surface area contributed by atoms with Crippen LogP contribution in [-0.4, -0.2) is 18.2 Å². The maximum atomic E-state index is 12.8. The smallest absolute Gasteiger partial charge is 0.223 e. The van der Waals surface area contributed by atoms with Gasteiger partial charge in [0.2, 0.25) is 5.91 Å². The van der Waals surface area contributed by atoms with E-state index in [1.807, 2.05) is 0 Å². The molecule has 0 unspecified atom stereocenters. The maximum Gasteiger partial charge on any atom is 0.223 e. The number of hydrogen-bond donors (Lipinski definition) is 1. The van der Waals surface area contributed by atoms with Crippen molar-refractivity contribution < 1.29 is 9.59 Å². The molecule has 0 aliphatic heterocycles. The molecule has 0 fully saturated rings. The minimum absolute atomic E-state index is 0.106. The quantitative estimate of drug-likeness (QED) is 0.0827. The van der Waals surface area contributed by atoms with Gasteiger partial charge in [0.15, 0.2) is 0 Å². The summed E-state index contributed by atoms with van der Waals surface area (Å²) in [4.78, 5) is 25.5. The SMILES string of the molecule is CCCCCCCCCCCCCCCCCC(=O)C[C@@H](CC(C)C)C(=O)NCCCCCCCCCCCC. The maximum absolute atomic E-state index is 12.8. The molecule has 0 aliphatic carbocycles. The normalized spacial score (nSPS) is 12.2. The lowest BCUT2D eigenvalue weighted by molar-refractivity contribution is -0.130. The van der Waals surface area contributed by atoms with Crippen LogP contribution in [0.5, 0.6) is 0 Å². The van der Waals surface area contributed by atoms with E-state index < -0.39 is 0 Å². The molecular weight excluding hydrogens is 490 g/mol. The van der Waals surface area contributed by atoms with Crippen molar-refractivity contribution in [3.8, 4) is 0 Å². The van der Waals surface area contributed by atoms with E-state index in [2.05, 4.69) is 33.0 Å². The highest BCUT2D eigenvalue weighted by Crippen LogP contribution is 2.19. The second kappa shape index (κ2) is 31.1. The minimum atomic E-state index is -0.146. The monoisotopic (exact) mass is 564 g/mol. The van der Waals surface area contributed by atoms with E-state index >= 15 is 0 Å². The van der Waals surface area contributed by atoms with Gasteiger partial charge in [-0.1, -0.05) is 175 Å². The first-order chi connectivity index (χ1) is 19.5. The van der Waals surface area contributed by atoms with Crippen molar-refractivity contribution in [1.29, 1.82) is 0 Å². The van der Waals surface area contributed by atoms with Gasteiger partial charge in [-0.05, 0) is 25.2 Å². The Morgan fingerprint density at radius 2 is 0.850 bits per heavy atom. The van der Waals surface area contributed by atoms with Crippen LogP contribution in [0.15, 0.2) is 0 Å². The fourth-order valence-electron chi connectivity index (χ4n) is 5.89. The Balaban J connectivity index is 3.77. The zero-order valence-corrected chi connectivity index (χ0v) is 28.0. The van der Waals surface area contributed by atoms with Crippen LogP contribution in [0.25, 0.3) is 0 Å². The van der Waals surface area contributed by atoms with Crippen LogP contribution in [-0.2, 0) is 9.59 Å². The lowest BCUT2D eigenvalue weighted by Crippen LogP contribution is -2.33. The fourth-order valence-corrected chi connectivity index (χ4v) is 5.89. The predicted molar refractivity (Wildman–Crippen MR) is 177 cm³/mol. The molecular formula is C37H73NO2. The molecule has 3 heteroatoms. The molecule has 0 aromatic carbocycles. The average molecular weight is 564 g/mol. The molecule has 3 nitrogen and oxygen atoms in total. The molecule has 0 saturated heterocycles. The fraction of sp³-hybridized carbons (Fsp3) is 0.946. The molecule has 0 bridgehead atoms. The summed E-state index contributed by atoms with van der Waals surface area (Å²) in [6, 6.07) is 0. The molecule has 0 saturated carbocycles. The zero-order chi connectivity index (χ0) is 29.5. The van der Waals surface area contributed by atoms with Gasteiger partial charge in [0, 0.05) is 25.3 Å². The van der Waals surface area contributed by atoms with Crippen LogP contribution < -0.4 is 5.32 Å². The molecule has 238 valence electrons. The van der Waals surface area contributed by atoms with Crippen LogP contribution in [0.4, 0.5) is 0 Å². The molecule has 1 amide bonds. The zero-order valence-electron chi connectivity index (χ0n) is 28.0. The third kappa shape index (κ3) is 28.7. The second-order valence-electron chi connectivity index (χ2n) is 13.2. The summed E-state index contributed by atoms with van der Waals surface area (Å²) in [6.45, 7) is 9.62. The molecule has 0 spiro atoms. The molecule has 0 heterocycles. The molecule has 1 atom stereocenters. The third-order valence-corrected chi connectivity index (χ3v) is 8.49. The van der Waals surface area contributed by atoms with Gasteiger partial charge in [-0.3, -0.25) is 9.59 Å². The molecule has 1 N–H and O–H groups in total. The summed E-state index contributed by atoms with van der Waals surface area (Å²) in [5.41, 5.74) is 0. The number of amides is 1. The molecule has 0 aromatic rings. The van der Waals surface area contributed by atoms with E-state index in [9.17, 15) is 9.59 Å². The summed E-state index contributed by atoms with van der Waals surface area (Å²) >= 11 is 0. The highest BCUT2D eigenvalue weighted by Gasteiger charge is 2.22. The number of carbonyl (C=O) groups is 2. The lowest BCUT2D eigenvalue weighted by atomic mass is 9.90. The lowest BCUT2D eigenvalue weighted by Gasteiger charge is -2.18. The summed E-state index contributed by atoms with van der Waals surface area (Å²) in [7, 11) is 0. The van der Waals surface area contributed by atoms with Crippen LogP contribution in [0.1, 0.15) is 207 Å². The largest absolute Gasteiger partial charge is 0.356 e. The van der Waals surface area contributed by atoms with E-state index in [0.717, 1.165) is 32.2 Å². The number of carbonyl (C=O) groups excluding carboxylic acids is 2. The Morgan fingerprint density at radius 1 is 0.500 bits per heavy atom. The van der Waals surface area contributed by atoms with Gasteiger partial charge in [-0.25, -0.2) is 0 Å². The molecule has 0 rings (SSSR count). The van der Waals surface area contributed by atoms with Gasteiger partial charge >= 0.3 is 0 Å². The Bertz CT molecular complexity index is 544. The van der Waals surface area contributed by atoms with Crippen molar-refractivity contribution in [1.82, 2.24) is 5.32 Å². The van der Waals surface area contributed by atoms with Gasteiger partial charge in [0.25, 0.3) is 0 Å². The molecule has 0 radical (unpaired) electrons. The van der Waals surface area contributed by atoms with Crippen LogP contribution in [0.3, 0.4) is 0 Å². The number of Topliss-reactive ketones (excluding diaryl/α,β-unsaturated/α-hetero) is 1. The first kappa shape index (κ1) is 39.1. The van der Waals surface area contributed by atoms with Crippen molar-refractivity contribution in [3.63, 3.8) is 0 Å². The molecule has 40 heavy (non-hydrogen) atoms. The standard InChI is InChI=1S/C37H73NO2/c1-5-7-9-11-13-15-17-18-19-20-21-22-24-26-28-30-36(39)33-35(32-34(3)4)37(40)38-31-29-27-25-23-16-14-12-10-8-6-2/h34-35H,5-33H2,1-4H3,(H,38,40)/t35-/m1/s1. The first-order valence-corrected chi connectivity index (χ1v) is 18.3. The van der Waals surface area contributed by atoms with E-state index in [4.69, 9.17) is 0 Å². The van der Waals surface area contributed by atoms with Crippen LogP contribution >= 0.6 is 0 Å². The Morgan fingerprint density at radius 3 is 1.23 bits per heavy atom. The van der Waals surface area contributed by atoms with E-state index in [1.165, 1.54) is 141 Å². The Labute approximate surface area is 252 Å².